The SMILES string of the molecule is CCCCCCCCCCCCCCCCCCCCCCCC(=O)O[C@H](COC(=O)CCCCCCCCCCCC(C)C)COP(=O)(O)OC[C@@H](O)COP(=O)(O)OC[C@@H](COC(=O)CCCCCCCCC(C)C)OC(=O)CCCCCCCCCCCC. The molecular formula is C73H142O17P2. The van der Waals surface area contributed by atoms with Gasteiger partial charge in [0.05, 0.1) is 26.4 Å². The second-order valence-corrected chi connectivity index (χ2v) is 30.2. The zero-order chi connectivity index (χ0) is 67.9. The van der Waals surface area contributed by atoms with Crippen LogP contribution in [0.25, 0.3) is 0 Å². The van der Waals surface area contributed by atoms with Crippen LogP contribution in [0, 0.1) is 11.8 Å². The number of rotatable bonds is 72. The molecule has 0 radical (unpaired) electrons. The monoisotopic (exact) mass is 1350 g/mol. The molecule has 0 spiro atoms. The van der Waals surface area contributed by atoms with E-state index in [-0.39, 0.29) is 25.7 Å². The second kappa shape index (κ2) is 65.0. The molecule has 0 aliphatic heterocycles. The van der Waals surface area contributed by atoms with E-state index in [9.17, 15) is 43.2 Å². The van der Waals surface area contributed by atoms with Crippen molar-refractivity contribution in [2.45, 2.75) is 394 Å². The minimum atomic E-state index is -4.95. The van der Waals surface area contributed by atoms with Crippen LogP contribution >= 0.6 is 15.6 Å². The highest BCUT2D eigenvalue weighted by molar-refractivity contribution is 7.47. The number of ether oxygens (including phenoxy) is 4. The fourth-order valence-corrected chi connectivity index (χ4v) is 12.7. The molecule has 92 heavy (non-hydrogen) atoms. The predicted octanol–water partition coefficient (Wildman–Crippen LogP) is 21.2. The van der Waals surface area contributed by atoms with Gasteiger partial charge in [-0.1, -0.05) is 324 Å². The van der Waals surface area contributed by atoms with Crippen molar-refractivity contribution in [3.05, 3.63) is 0 Å². The number of hydrogen-bond donors (Lipinski definition) is 3. The largest absolute Gasteiger partial charge is 0.472 e. The molecule has 2 unspecified atom stereocenters. The molecule has 0 bridgehead atoms. The lowest BCUT2D eigenvalue weighted by molar-refractivity contribution is -0.161. The van der Waals surface area contributed by atoms with E-state index in [4.69, 9.17) is 37.0 Å². The third-order valence-electron chi connectivity index (χ3n) is 17.0. The van der Waals surface area contributed by atoms with Gasteiger partial charge in [-0.05, 0) is 37.5 Å². The van der Waals surface area contributed by atoms with Gasteiger partial charge in [0.15, 0.2) is 12.2 Å². The Morgan fingerprint density at radius 1 is 0.293 bits per heavy atom. The summed E-state index contributed by atoms with van der Waals surface area (Å²) < 4.78 is 68.3. The van der Waals surface area contributed by atoms with Gasteiger partial charge >= 0.3 is 39.5 Å². The highest BCUT2D eigenvalue weighted by atomic mass is 31.2. The van der Waals surface area contributed by atoms with Gasteiger partial charge in [-0.15, -0.1) is 0 Å². The van der Waals surface area contributed by atoms with Crippen LogP contribution in [0.3, 0.4) is 0 Å². The zero-order valence-corrected chi connectivity index (χ0v) is 61.6. The molecule has 0 aliphatic rings. The second-order valence-electron chi connectivity index (χ2n) is 27.3. The number of phosphoric acid groups is 2. The van der Waals surface area contributed by atoms with E-state index in [2.05, 4.69) is 41.5 Å². The van der Waals surface area contributed by atoms with Crippen molar-refractivity contribution in [2.24, 2.45) is 11.8 Å². The highest BCUT2D eigenvalue weighted by Gasteiger charge is 2.30. The number of unbranched alkanes of at least 4 members (excludes halogenated alkanes) is 42. The molecule has 5 atom stereocenters. The van der Waals surface area contributed by atoms with Crippen LogP contribution < -0.4 is 0 Å². The van der Waals surface area contributed by atoms with E-state index in [1.165, 1.54) is 186 Å². The van der Waals surface area contributed by atoms with E-state index >= 15 is 0 Å². The van der Waals surface area contributed by atoms with E-state index < -0.39 is 97.5 Å². The Morgan fingerprint density at radius 3 is 0.739 bits per heavy atom. The van der Waals surface area contributed by atoms with E-state index in [1.54, 1.807) is 0 Å². The molecule has 19 heteroatoms. The van der Waals surface area contributed by atoms with Crippen LogP contribution in [0.1, 0.15) is 375 Å². The first-order chi connectivity index (χ1) is 44.4. The quantitative estimate of drug-likeness (QED) is 0.0222. The summed E-state index contributed by atoms with van der Waals surface area (Å²) in [5.41, 5.74) is 0. The van der Waals surface area contributed by atoms with E-state index in [0.29, 0.717) is 31.6 Å². The van der Waals surface area contributed by atoms with Gasteiger partial charge in [0.25, 0.3) is 0 Å². The third-order valence-corrected chi connectivity index (χ3v) is 18.9. The summed E-state index contributed by atoms with van der Waals surface area (Å²) in [5, 5.41) is 10.6. The summed E-state index contributed by atoms with van der Waals surface area (Å²) in [6.45, 7) is 9.45. The number of carbonyl (C=O) groups excluding carboxylic acids is 4. The molecule has 0 aromatic rings. The molecular weight excluding hydrogens is 1210 g/mol. The van der Waals surface area contributed by atoms with Crippen molar-refractivity contribution in [3.63, 3.8) is 0 Å². The molecule has 0 saturated heterocycles. The Hall–Kier alpha value is -1.94. The molecule has 0 aliphatic carbocycles. The Labute approximate surface area is 562 Å². The Bertz CT molecular complexity index is 1790. The van der Waals surface area contributed by atoms with Crippen LogP contribution in [0.5, 0.6) is 0 Å². The van der Waals surface area contributed by atoms with Crippen molar-refractivity contribution in [1.82, 2.24) is 0 Å². The van der Waals surface area contributed by atoms with Crippen molar-refractivity contribution in [1.29, 1.82) is 0 Å². The normalized spacial score (nSPS) is 14.1. The fraction of sp³-hybridized carbons (Fsp3) is 0.945. The minimum absolute atomic E-state index is 0.105. The number of aliphatic hydroxyl groups excluding tert-OH is 1. The Morgan fingerprint density at radius 2 is 0.500 bits per heavy atom. The lowest BCUT2D eigenvalue weighted by Gasteiger charge is -2.21. The lowest BCUT2D eigenvalue weighted by atomic mass is 10.0. The standard InChI is InChI=1S/C73H142O17P2/c1-7-9-11-13-15-17-19-20-21-22-23-24-25-26-27-28-29-33-38-46-52-58-73(78)89-68(61-83-70(75)55-49-43-36-34-30-31-35-41-47-53-65(3)4)63-87-91(79,80)85-59-67(74)60-86-92(81,82)88-64-69(62-84-71(76)56-50-44-40-39-42-48-54-66(5)6)90-72(77)57-51-45-37-32-18-16-14-12-10-8-2/h65-69,74H,7-64H2,1-6H3,(H,79,80)(H,81,82)/t67-,68-,69-/m1/s1. The predicted molar refractivity (Wildman–Crippen MR) is 372 cm³/mol. The molecule has 0 saturated carbocycles. The topological polar surface area (TPSA) is 237 Å². The van der Waals surface area contributed by atoms with Gasteiger partial charge in [0.2, 0.25) is 0 Å². The van der Waals surface area contributed by atoms with E-state index in [0.717, 1.165) is 102 Å². The molecule has 0 aromatic heterocycles. The first-order valence-corrected chi connectivity index (χ1v) is 41.0. The average Bonchev–Trinajstić information content (AvgIpc) is 1.55. The van der Waals surface area contributed by atoms with Gasteiger partial charge < -0.3 is 33.8 Å². The maximum atomic E-state index is 13.0. The number of esters is 4. The highest BCUT2D eigenvalue weighted by Crippen LogP contribution is 2.45. The van der Waals surface area contributed by atoms with Gasteiger partial charge in [0.1, 0.15) is 19.3 Å². The van der Waals surface area contributed by atoms with Gasteiger partial charge in [-0.3, -0.25) is 37.3 Å². The molecule has 0 rings (SSSR count). The first kappa shape index (κ1) is 90.1. The molecule has 0 heterocycles. The summed E-state index contributed by atoms with van der Waals surface area (Å²) >= 11 is 0. The summed E-state index contributed by atoms with van der Waals surface area (Å²) in [5.74, 6) is -0.701. The molecule has 0 fully saturated rings. The Balaban J connectivity index is 5.16. The molecule has 0 amide bonds. The summed E-state index contributed by atoms with van der Waals surface area (Å²) in [6.07, 6.45) is 51.7. The lowest BCUT2D eigenvalue weighted by Crippen LogP contribution is -2.30. The smallest absolute Gasteiger partial charge is 0.462 e. The maximum Gasteiger partial charge on any atom is 0.472 e. The van der Waals surface area contributed by atoms with Crippen molar-refractivity contribution >= 4 is 39.5 Å². The van der Waals surface area contributed by atoms with Gasteiger partial charge in [-0.2, -0.15) is 0 Å². The summed E-state index contributed by atoms with van der Waals surface area (Å²) in [4.78, 5) is 72.5. The van der Waals surface area contributed by atoms with Gasteiger partial charge in [-0.25, -0.2) is 9.13 Å². The molecule has 546 valence electrons. The van der Waals surface area contributed by atoms with Crippen molar-refractivity contribution in [2.75, 3.05) is 39.6 Å². The number of phosphoric ester groups is 2. The number of aliphatic hydroxyl groups is 1. The van der Waals surface area contributed by atoms with Crippen molar-refractivity contribution in [3.8, 4) is 0 Å². The Kier molecular flexibility index (Phi) is 63.7. The van der Waals surface area contributed by atoms with Crippen molar-refractivity contribution < 1.29 is 80.2 Å². The summed E-state index contributed by atoms with van der Waals surface area (Å²) in [7, 11) is -9.90. The third kappa shape index (κ3) is 66.7. The molecule has 0 aromatic carbocycles. The van der Waals surface area contributed by atoms with E-state index in [1.807, 2.05) is 0 Å². The zero-order valence-electron chi connectivity index (χ0n) is 59.9. The minimum Gasteiger partial charge on any atom is -0.462 e. The van der Waals surface area contributed by atoms with Crippen LogP contribution in [0.15, 0.2) is 0 Å². The fourth-order valence-electron chi connectivity index (χ4n) is 11.1. The molecule has 17 nitrogen and oxygen atoms in total. The van der Waals surface area contributed by atoms with Crippen LogP contribution in [0.4, 0.5) is 0 Å². The van der Waals surface area contributed by atoms with Crippen LogP contribution in [-0.4, -0.2) is 96.7 Å². The summed E-state index contributed by atoms with van der Waals surface area (Å²) in [6, 6.07) is 0. The maximum absolute atomic E-state index is 13.0. The molecule has 3 N–H and O–H groups in total. The first-order valence-electron chi connectivity index (χ1n) is 38.0. The number of carbonyl (C=O) groups is 4. The average molecular weight is 1350 g/mol. The van der Waals surface area contributed by atoms with Gasteiger partial charge in [0, 0.05) is 25.7 Å². The number of hydrogen-bond acceptors (Lipinski definition) is 15. The van der Waals surface area contributed by atoms with Crippen LogP contribution in [0.2, 0.25) is 0 Å². The van der Waals surface area contributed by atoms with Crippen LogP contribution in [-0.2, 0) is 65.4 Å².